The summed E-state index contributed by atoms with van der Waals surface area (Å²) in [6.07, 6.45) is -0.583. The van der Waals surface area contributed by atoms with Crippen LogP contribution in [-0.2, 0) is 30.8 Å². The molecule has 1 unspecified atom stereocenters. The van der Waals surface area contributed by atoms with Crippen LogP contribution in [0.25, 0.3) is 0 Å². The number of ether oxygens (including phenoxy) is 2. The Bertz CT molecular complexity index is 598. The zero-order valence-electron chi connectivity index (χ0n) is 13.9. The van der Waals surface area contributed by atoms with E-state index in [1.54, 1.807) is 19.1 Å². The van der Waals surface area contributed by atoms with Crippen molar-refractivity contribution in [1.82, 2.24) is 9.62 Å². The van der Waals surface area contributed by atoms with Gasteiger partial charge in [-0.2, -0.15) is 0 Å². The van der Waals surface area contributed by atoms with Gasteiger partial charge >= 0.3 is 0 Å². The summed E-state index contributed by atoms with van der Waals surface area (Å²) in [6, 6.07) is 3.24. The molecule has 0 saturated carbocycles. The maximum Gasteiger partial charge on any atom is 0.252 e. The van der Waals surface area contributed by atoms with Crippen molar-refractivity contribution in [3.05, 3.63) is 17.0 Å². The van der Waals surface area contributed by atoms with Crippen molar-refractivity contribution in [1.29, 1.82) is 0 Å². The Labute approximate surface area is 141 Å². The van der Waals surface area contributed by atoms with E-state index in [-0.39, 0.29) is 16.7 Å². The summed E-state index contributed by atoms with van der Waals surface area (Å²) >= 11 is 1.14. The molecule has 0 saturated heterocycles. The topological polar surface area (TPSA) is 84.9 Å². The summed E-state index contributed by atoms with van der Waals surface area (Å²) < 4.78 is 35.9. The molecule has 1 rings (SSSR count). The normalized spacial score (nSPS) is 13.3. The lowest BCUT2D eigenvalue weighted by atomic mass is 10.3. The van der Waals surface area contributed by atoms with E-state index in [9.17, 15) is 13.2 Å². The van der Waals surface area contributed by atoms with Crippen LogP contribution in [0.3, 0.4) is 0 Å². The van der Waals surface area contributed by atoms with Gasteiger partial charge in [0.2, 0.25) is 5.91 Å². The van der Waals surface area contributed by atoms with E-state index >= 15 is 0 Å². The van der Waals surface area contributed by atoms with E-state index in [0.717, 1.165) is 20.5 Å². The van der Waals surface area contributed by atoms with Crippen molar-refractivity contribution in [2.45, 2.75) is 30.7 Å². The number of thiophene rings is 1. The highest BCUT2D eigenvalue weighted by Crippen LogP contribution is 2.23. The number of amides is 1. The monoisotopic (exact) mass is 364 g/mol. The number of hydrogen-bond acceptors (Lipinski definition) is 6. The van der Waals surface area contributed by atoms with Crippen molar-refractivity contribution >= 4 is 27.3 Å². The molecule has 0 spiro atoms. The molecule has 1 aromatic rings. The highest BCUT2D eigenvalue weighted by molar-refractivity contribution is 7.91. The molecule has 9 heteroatoms. The molecule has 23 heavy (non-hydrogen) atoms. The summed E-state index contributed by atoms with van der Waals surface area (Å²) in [5.74, 6) is -0.244. The van der Waals surface area contributed by atoms with Crippen LogP contribution < -0.4 is 5.32 Å². The van der Waals surface area contributed by atoms with Crippen LogP contribution in [0.1, 0.15) is 18.7 Å². The molecule has 0 aliphatic carbocycles. The zero-order valence-corrected chi connectivity index (χ0v) is 15.5. The predicted octanol–water partition coefficient (Wildman–Crippen LogP) is 1.06. The summed E-state index contributed by atoms with van der Waals surface area (Å²) in [4.78, 5) is 12.7. The standard InChI is InChI=1S/C14H24N2O5S2/c1-5-20-8-9-21-11(2)14(17)15-10-12-6-7-13(22-12)23(18,19)16(3)4/h6-7,11H,5,8-10H2,1-4H3,(H,15,17). The van der Waals surface area contributed by atoms with Crippen LogP contribution in [-0.4, -0.2) is 58.7 Å². The van der Waals surface area contributed by atoms with Crippen molar-refractivity contribution < 1.29 is 22.7 Å². The maximum absolute atomic E-state index is 12.0. The van der Waals surface area contributed by atoms with Gasteiger partial charge in [0, 0.05) is 25.6 Å². The molecule has 1 amide bonds. The third kappa shape index (κ3) is 6.19. The van der Waals surface area contributed by atoms with Crippen molar-refractivity contribution in [2.75, 3.05) is 33.9 Å². The molecule has 1 heterocycles. The number of nitrogens with one attached hydrogen (secondary N) is 1. The fourth-order valence-electron chi connectivity index (χ4n) is 1.59. The molecular weight excluding hydrogens is 340 g/mol. The average Bonchev–Trinajstić information content (AvgIpc) is 2.98. The Balaban J connectivity index is 2.46. The second-order valence-corrected chi connectivity index (χ2v) is 8.48. The molecule has 0 aromatic carbocycles. The Morgan fingerprint density at radius 3 is 2.65 bits per heavy atom. The fourth-order valence-corrected chi connectivity index (χ4v) is 4.06. The van der Waals surface area contributed by atoms with Crippen LogP contribution >= 0.6 is 11.3 Å². The largest absolute Gasteiger partial charge is 0.379 e. The lowest BCUT2D eigenvalue weighted by Gasteiger charge is -2.13. The second-order valence-electron chi connectivity index (χ2n) is 4.94. The molecule has 1 atom stereocenters. The summed E-state index contributed by atoms with van der Waals surface area (Å²) in [6.45, 7) is 5.24. The number of sulfonamides is 1. The SMILES string of the molecule is CCOCCOC(C)C(=O)NCc1ccc(S(=O)(=O)N(C)C)s1. The average molecular weight is 364 g/mol. The zero-order chi connectivity index (χ0) is 17.5. The summed E-state index contributed by atoms with van der Waals surface area (Å²) in [5, 5.41) is 2.73. The highest BCUT2D eigenvalue weighted by Gasteiger charge is 2.20. The number of rotatable bonds is 10. The Kier molecular flexibility index (Phi) is 8.13. The van der Waals surface area contributed by atoms with Crippen LogP contribution in [0.5, 0.6) is 0 Å². The number of hydrogen-bond donors (Lipinski definition) is 1. The molecule has 0 aliphatic rings. The first-order valence-electron chi connectivity index (χ1n) is 7.27. The first kappa shape index (κ1) is 20.0. The minimum atomic E-state index is -3.43. The number of nitrogens with zero attached hydrogens (tertiary/aromatic N) is 1. The van der Waals surface area contributed by atoms with Gasteiger partial charge in [-0.3, -0.25) is 4.79 Å². The van der Waals surface area contributed by atoms with Crippen LogP contribution in [0.2, 0.25) is 0 Å². The summed E-state index contributed by atoms with van der Waals surface area (Å²) in [7, 11) is -0.460. The Morgan fingerprint density at radius 1 is 1.35 bits per heavy atom. The lowest BCUT2D eigenvalue weighted by molar-refractivity contribution is -0.132. The van der Waals surface area contributed by atoms with Gasteiger partial charge in [0.1, 0.15) is 10.3 Å². The minimum absolute atomic E-state index is 0.244. The van der Waals surface area contributed by atoms with Gasteiger partial charge < -0.3 is 14.8 Å². The molecule has 0 aliphatic heterocycles. The van der Waals surface area contributed by atoms with E-state index in [1.807, 2.05) is 6.92 Å². The maximum atomic E-state index is 12.0. The lowest BCUT2D eigenvalue weighted by Crippen LogP contribution is -2.34. The van der Waals surface area contributed by atoms with E-state index in [2.05, 4.69) is 5.32 Å². The molecule has 1 aromatic heterocycles. The molecule has 1 N–H and O–H groups in total. The molecular formula is C14H24N2O5S2. The molecule has 0 fully saturated rings. The Hall–Kier alpha value is -1.00. The van der Waals surface area contributed by atoms with E-state index in [0.29, 0.717) is 19.8 Å². The van der Waals surface area contributed by atoms with Crippen molar-refractivity contribution in [2.24, 2.45) is 0 Å². The first-order chi connectivity index (χ1) is 10.8. The van der Waals surface area contributed by atoms with Crippen molar-refractivity contribution in [3.8, 4) is 0 Å². The van der Waals surface area contributed by atoms with Gasteiger partial charge in [0.25, 0.3) is 10.0 Å². The first-order valence-corrected chi connectivity index (χ1v) is 9.53. The molecule has 7 nitrogen and oxygen atoms in total. The van der Waals surface area contributed by atoms with E-state index in [4.69, 9.17) is 9.47 Å². The van der Waals surface area contributed by atoms with Gasteiger partial charge in [0.15, 0.2) is 0 Å². The third-order valence-corrected chi connectivity index (χ3v) is 6.35. The molecule has 132 valence electrons. The fraction of sp³-hybridized carbons (Fsp3) is 0.643. The highest BCUT2D eigenvalue weighted by atomic mass is 32.2. The third-order valence-electron chi connectivity index (χ3n) is 2.98. The van der Waals surface area contributed by atoms with Crippen LogP contribution in [0.4, 0.5) is 0 Å². The molecule has 0 radical (unpaired) electrons. The van der Waals surface area contributed by atoms with Crippen LogP contribution in [0.15, 0.2) is 16.3 Å². The Morgan fingerprint density at radius 2 is 2.04 bits per heavy atom. The number of carbonyl (C=O) groups is 1. The van der Waals surface area contributed by atoms with Gasteiger partial charge in [0.05, 0.1) is 19.8 Å². The van der Waals surface area contributed by atoms with Gasteiger partial charge in [-0.25, -0.2) is 12.7 Å². The van der Waals surface area contributed by atoms with Gasteiger partial charge in [-0.05, 0) is 26.0 Å². The minimum Gasteiger partial charge on any atom is -0.379 e. The summed E-state index contributed by atoms with van der Waals surface area (Å²) in [5.41, 5.74) is 0. The van der Waals surface area contributed by atoms with Gasteiger partial charge in [-0.15, -0.1) is 11.3 Å². The smallest absolute Gasteiger partial charge is 0.252 e. The van der Waals surface area contributed by atoms with Gasteiger partial charge in [-0.1, -0.05) is 0 Å². The van der Waals surface area contributed by atoms with Crippen molar-refractivity contribution in [3.63, 3.8) is 0 Å². The van der Waals surface area contributed by atoms with E-state index < -0.39 is 16.1 Å². The predicted molar refractivity (Wildman–Crippen MR) is 88.9 cm³/mol. The van der Waals surface area contributed by atoms with E-state index in [1.165, 1.54) is 14.1 Å². The second kappa shape index (κ2) is 9.33. The molecule has 0 bridgehead atoms. The van der Waals surface area contributed by atoms with Crippen LogP contribution in [0, 0.1) is 0 Å². The quantitative estimate of drug-likeness (QED) is 0.628. The number of carbonyl (C=O) groups excluding carboxylic acids is 1.